The Morgan fingerprint density at radius 1 is 1.04 bits per heavy atom. The molecule has 0 radical (unpaired) electrons. The normalized spacial score (nSPS) is 28.2. The second kappa shape index (κ2) is 8.05. The summed E-state index contributed by atoms with van der Waals surface area (Å²) in [6.45, 7) is 1.59. The summed E-state index contributed by atoms with van der Waals surface area (Å²) < 4.78 is 38.3. The van der Waals surface area contributed by atoms with Crippen LogP contribution in [0.5, 0.6) is 0 Å². The van der Waals surface area contributed by atoms with Gasteiger partial charge in [-0.1, -0.05) is 0 Å². The molecule has 3 rings (SSSR count). The van der Waals surface area contributed by atoms with Crippen LogP contribution in [0, 0.1) is 11.8 Å². The maximum atomic E-state index is 12.8. The minimum Gasteiger partial charge on any atom is -0.381 e. The fourth-order valence-electron chi connectivity index (χ4n) is 4.14. The zero-order valence-corrected chi connectivity index (χ0v) is 15.0. The predicted octanol–water partition coefficient (Wildman–Crippen LogP) is 3.33. The van der Waals surface area contributed by atoms with Gasteiger partial charge < -0.3 is 21.7 Å². The van der Waals surface area contributed by atoms with Crippen molar-refractivity contribution in [1.29, 1.82) is 0 Å². The first-order valence-corrected chi connectivity index (χ1v) is 9.50. The van der Waals surface area contributed by atoms with Gasteiger partial charge in [-0.15, -0.1) is 0 Å². The molecule has 0 aromatic heterocycles. The quantitative estimate of drug-likeness (QED) is 0.761. The van der Waals surface area contributed by atoms with E-state index in [1.54, 1.807) is 0 Å². The van der Waals surface area contributed by atoms with Crippen LogP contribution in [0.15, 0.2) is 24.3 Å². The first-order valence-electron chi connectivity index (χ1n) is 9.50. The number of nitrogens with zero attached hydrogens (tertiary/aromatic N) is 1. The number of anilines is 2. The molecule has 146 valence electrons. The van der Waals surface area contributed by atoms with E-state index in [9.17, 15) is 13.2 Å². The first-order chi connectivity index (χ1) is 12.4. The van der Waals surface area contributed by atoms with Crippen LogP contribution >= 0.6 is 0 Å². The van der Waals surface area contributed by atoms with Crippen LogP contribution in [0.3, 0.4) is 0 Å². The summed E-state index contributed by atoms with van der Waals surface area (Å²) in [7, 11) is 0. The van der Waals surface area contributed by atoms with Gasteiger partial charge in [-0.2, -0.15) is 13.2 Å². The van der Waals surface area contributed by atoms with Crippen molar-refractivity contribution in [2.45, 2.75) is 50.4 Å². The van der Waals surface area contributed by atoms with Gasteiger partial charge in [-0.25, -0.2) is 0 Å². The van der Waals surface area contributed by atoms with Gasteiger partial charge in [0.05, 0.1) is 5.92 Å². The Morgan fingerprint density at radius 3 is 2.23 bits per heavy atom. The lowest BCUT2D eigenvalue weighted by molar-refractivity contribution is -0.179. The lowest BCUT2D eigenvalue weighted by Crippen LogP contribution is -2.46. The molecule has 2 aliphatic rings. The average molecular weight is 370 g/mol. The maximum Gasteiger partial charge on any atom is 0.391 e. The highest BCUT2D eigenvalue weighted by Crippen LogP contribution is 2.35. The molecule has 0 spiro atoms. The van der Waals surface area contributed by atoms with Crippen LogP contribution in [-0.2, 0) is 0 Å². The SMILES string of the molecule is NC[C@H]1CCC(Nc2ccc(N3CCC(C(F)(F)F)CC3)cc2)[C@H](N)C1. The van der Waals surface area contributed by atoms with E-state index >= 15 is 0 Å². The molecule has 1 heterocycles. The summed E-state index contributed by atoms with van der Waals surface area (Å²) in [5.74, 6) is -0.644. The monoisotopic (exact) mass is 370 g/mol. The smallest absolute Gasteiger partial charge is 0.381 e. The van der Waals surface area contributed by atoms with Crippen molar-refractivity contribution < 1.29 is 13.2 Å². The van der Waals surface area contributed by atoms with Gasteiger partial charge in [-0.3, -0.25) is 0 Å². The second-order valence-corrected chi connectivity index (χ2v) is 7.68. The predicted molar refractivity (Wildman–Crippen MR) is 99.2 cm³/mol. The van der Waals surface area contributed by atoms with E-state index in [0.29, 0.717) is 25.6 Å². The molecule has 0 amide bonds. The van der Waals surface area contributed by atoms with Crippen LogP contribution in [0.4, 0.5) is 24.5 Å². The fraction of sp³-hybridized carbons (Fsp3) is 0.684. The number of halogens is 3. The van der Waals surface area contributed by atoms with E-state index in [0.717, 1.165) is 30.6 Å². The van der Waals surface area contributed by atoms with Crippen LogP contribution in [0.25, 0.3) is 0 Å². The second-order valence-electron chi connectivity index (χ2n) is 7.68. The molecule has 0 bridgehead atoms. The Kier molecular flexibility index (Phi) is 5.97. The summed E-state index contributed by atoms with van der Waals surface area (Å²) in [5.41, 5.74) is 14.0. The van der Waals surface area contributed by atoms with E-state index < -0.39 is 12.1 Å². The molecule has 1 saturated heterocycles. The minimum absolute atomic E-state index is 0.0957. The average Bonchev–Trinajstić information content (AvgIpc) is 2.63. The van der Waals surface area contributed by atoms with Gasteiger partial charge in [0.15, 0.2) is 0 Å². The van der Waals surface area contributed by atoms with Crippen molar-refractivity contribution in [1.82, 2.24) is 0 Å². The molecule has 2 fully saturated rings. The zero-order valence-electron chi connectivity index (χ0n) is 15.0. The highest BCUT2D eigenvalue weighted by atomic mass is 19.4. The Balaban J connectivity index is 1.53. The standard InChI is InChI=1S/C19H29F3N4/c20-19(21,22)14-7-9-26(10-8-14)16-4-2-15(3-5-16)25-18-6-1-13(12-23)11-17(18)24/h2-5,13-14,17-18,25H,1,6-12,23-24H2/t13-,17+,18?/m0/s1. The van der Waals surface area contributed by atoms with E-state index in [2.05, 4.69) is 5.32 Å². The van der Waals surface area contributed by atoms with E-state index in [1.807, 2.05) is 29.2 Å². The fourth-order valence-corrected chi connectivity index (χ4v) is 4.14. The van der Waals surface area contributed by atoms with Crippen LogP contribution in [0.2, 0.25) is 0 Å². The molecule has 1 aromatic rings. The van der Waals surface area contributed by atoms with E-state index in [1.165, 1.54) is 0 Å². The van der Waals surface area contributed by atoms with Gasteiger partial charge in [0, 0.05) is 36.5 Å². The highest BCUT2D eigenvalue weighted by Gasteiger charge is 2.41. The first kappa shape index (κ1) is 19.3. The molecule has 4 nitrogen and oxygen atoms in total. The Hall–Kier alpha value is -1.47. The Bertz CT molecular complexity index is 567. The molecular formula is C19H29F3N4. The molecule has 1 aromatic carbocycles. The van der Waals surface area contributed by atoms with Crippen LogP contribution in [0.1, 0.15) is 32.1 Å². The summed E-state index contributed by atoms with van der Waals surface area (Å²) in [6, 6.07) is 8.28. The number of nitrogens with two attached hydrogens (primary N) is 2. The van der Waals surface area contributed by atoms with E-state index in [-0.39, 0.29) is 24.9 Å². The number of alkyl halides is 3. The summed E-state index contributed by atoms with van der Waals surface area (Å²) in [5, 5.41) is 3.50. The summed E-state index contributed by atoms with van der Waals surface area (Å²) >= 11 is 0. The molecule has 1 saturated carbocycles. The van der Waals surface area contributed by atoms with Crippen molar-refractivity contribution in [3.8, 4) is 0 Å². The lowest BCUT2D eigenvalue weighted by atomic mass is 9.82. The van der Waals surface area contributed by atoms with Gasteiger partial charge in [0.2, 0.25) is 0 Å². The molecule has 1 aliphatic heterocycles. The summed E-state index contributed by atoms with van der Waals surface area (Å²) in [6.07, 6.45) is -0.683. The number of hydrogen-bond acceptors (Lipinski definition) is 4. The van der Waals surface area contributed by atoms with Crippen molar-refractivity contribution in [2.75, 3.05) is 29.9 Å². The molecule has 26 heavy (non-hydrogen) atoms. The van der Waals surface area contributed by atoms with Gasteiger partial charge in [-0.05, 0) is 68.8 Å². The highest BCUT2D eigenvalue weighted by molar-refractivity contribution is 5.55. The van der Waals surface area contributed by atoms with Gasteiger partial charge in [0.1, 0.15) is 0 Å². The Morgan fingerprint density at radius 2 is 1.69 bits per heavy atom. The minimum atomic E-state index is -4.07. The van der Waals surface area contributed by atoms with Crippen molar-refractivity contribution in [3.63, 3.8) is 0 Å². The van der Waals surface area contributed by atoms with Gasteiger partial charge >= 0.3 is 6.18 Å². The number of piperidine rings is 1. The maximum absolute atomic E-state index is 12.8. The molecule has 3 atom stereocenters. The van der Waals surface area contributed by atoms with Crippen molar-refractivity contribution in [2.24, 2.45) is 23.3 Å². The summed E-state index contributed by atoms with van der Waals surface area (Å²) in [4.78, 5) is 2.03. The molecule has 1 aliphatic carbocycles. The number of nitrogens with one attached hydrogen (secondary N) is 1. The van der Waals surface area contributed by atoms with E-state index in [4.69, 9.17) is 11.5 Å². The van der Waals surface area contributed by atoms with Crippen molar-refractivity contribution in [3.05, 3.63) is 24.3 Å². The van der Waals surface area contributed by atoms with Gasteiger partial charge in [0.25, 0.3) is 0 Å². The number of rotatable bonds is 4. The zero-order chi connectivity index (χ0) is 18.7. The number of benzene rings is 1. The number of hydrogen-bond donors (Lipinski definition) is 3. The topological polar surface area (TPSA) is 67.3 Å². The van der Waals surface area contributed by atoms with Crippen LogP contribution in [-0.4, -0.2) is 37.9 Å². The third kappa shape index (κ3) is 4.62. The third-order valence-electron chi connectivity index (χ3n) is 5.88. The van der Waals surface area contributed by atoms with Crippen LogP contribution < -0.4 is 21.7 Å². The largest absolute Gasteiger partial charge is 0.391 e. The third-order valence-corrected chi connectivity index (χ3v) is 5.88. The van der Waals surface area contributed by atoms with Crippen molar-refractivity contribution >= 4 is 11.4 Å². The Labute approximate surface area is 153 Å². The molecule has 1 unspecified atom stereocenters. The molecular weight excluding hydrogens is 341 g/mol. The lowest BCUT2D eigenvalue weighted by Gasteiger charge is -2.35. The molecule has 5 N–H and O–H groups in total. The molecule has 7 heteroatoms.